The quantitative estimate of drug-likeness (QED) is 0.427. The fourth-order valence-electron chi connectivity index (χ4n) is 4.63. The van der Waals surface area contributed by atoms with Crippen LogP contribution in [-0.2, 0) is 21.4 Å². The van der Waals surface area contributed by atoms with Crippen LogP contribution in [0.1, 0.15) is 41.6 Å². The summed E-state index contributed by atoms with van der Waals surface area (Å²) < 4.78 is 81.9. The molecule has 8 nitrogen and oxygen atoms in total. The number of sulfonamides is 1. The molecule has 0 atom stereocenters. The first-order chi connectivity index (χ1) is 17.8. The molecule has 2 aromatic carbocycles. The van der Waals surface area contributed by atoms with Gasteiger partial charge >= 0.3 is 6.36 Å². The van der Waals surface area contributed by atoms with Crippen molar-refractivity contribution >= 4 is 32.7 Å². The summed E-state index contributed by atoms with van der Waals surface area (Å²) >= 11 is 0. The van der Waals surface area contributed by atoms with Gasteiger partial charge in [0.2, 0.25) is 15.9 Å². The van der Waals surface area contributed by atoms with Gasteiger partial charge in [0, 0.05) is 30.1 Å². The molecule has 2 amide bonds. The molecule has 2 N–H and O–H groups in total. The molecule has 1 aliphatic carbocycles. The highest BCUT2D eigenvalue weighted by molar-refractivity contribution is 7.89. The largest absolute Gasteiger partial charge is 0.573 e. The lowest BCUT2D eigenvalue weighted by Crippen LogP contribution is -2.42. The van der Waals surface area contributed by atoms with Crippen molar-refractivity contribution < 1.29 is 40.3 Å². The molecule has 1 aromatic heterocycles. The first-order valence-electron chi connectivity index (χ1n) is 11.7. The second-order valence-electron chi connectivity index (χ2n) is 9.25. The lowest BCUT2D eigenvalue weighted by atomic mass is 9.85. The number of hydrogen-bond donors (Lipinski definition) is 2. The third kappa shape index (κ3) is 6.82. The molecule has 0 spiro atoms. The van der Waals surface area contributed by atoms with Gasteiger partial charge in [0.15, 0.2) is 0 Å². The zero-order valence-corrected chi connectivity index (χ0v) is 21.0. The van der Waals surface area contributed by atoms with Crippen LogP contribution in [0.15, 0.2) is 48.7 Å². The minimum atomic E-state index is -4.81. The number of carbonyl (C=O) groups excluding carboxylic acids is 2. The van der Waals surface area contributed by atoms with Crippen molar-refractivity contribution in [2.75, 3.05) is 6.26 Å². The predicted molar refractivity (Wildman–Crippen MR) is 130 cm³/mol. The highest BCUT2D eigenvalue weighted by Crippen LogP contribution is 2.28. The lowest BCUT2D eigenvalue weighted by Gasteiger charge is -2.28. The summed E-state index contributed by atoms with van der Waals surface area (Å²) in [6.45, 7) is 0.167. The van der Waals surface area contributed by atoms with E-state index in [9.17, 15) is 35.6 Å². The monoisotopic (exact) mass is 555 g/mol. The maximum atomic E-state index is 14.5. The summed E-state index contributed by atoms with van der Waals surface area (Å²) in [6, 6.07) is 9.08. The van der Waals surface area contributed by atoms with Crippen molar-refractivity contribution in [3.8, 4) is 5.75 Å². The average molecular weight is 556 g/mol. The van der Waals surface area contributed by atoms with Crippen LogP contribution in [0.4, 0.5) is 17.6 Å². The van der Waals surface area contributed by atoms with E-state index in [4.69, 9.17) is 0 Å². The number of halogens is 4. The molecular formula is C25H25F4N3O5S. The average Bonchev–Trinajstić information content (AvgIpc) is 3.23. The number of fused-ring (bicyclic) bond motifs is 1. The smallest absolute Gasteiger partial charge is 0.406 e. The van der Waals surface area contributed by atoms with Crippen molar-refractivity contribution in [2.24, 2.45) is 5.92 Å². The Labute approximate surface area is 216 Å². The highest BCUT2D eigenvalue weighted by Gasteiger charge is 2.31. The summed E-state index contributed by atoms with van der Waals surface area (Å²) in [6.07, 6.45) is -0.578. The number of carbonyl (C=O) groups is 2. The molecule has 204 valence electrons. The van der Waals surface area contributed by atoms with Gasteiger partial charge in [-0.15, -0.1) is 13.2 Å². The van der Waals surface area contributed by atoms with Crippen molar-refractivity contribution in [3.05, 3.63) is 65.6 Å². The summed E-state index contributed by atoms with van der Waals surface area (Å²) in [5, 5.41) is 3.14. The molecular weight excluding hydrogens is 530 g/mol. The second kappa shape index (κ2) is 10.6. The lowest BCUT2D eigenvalue weighted by molar-refractivity contribution is -0.274. The maximum Gasteiger partial charge on any atom is 0.573 e. The zero-order chi connectivity index (χ0) is 27.7. The number of amides is 2. The van der Waals surface area contributed by atoms with Gasteiger partial charge in [0.1, 0.15) is 11.6 Å². The van der Waals surface area contributed by atoms with Crippen molar-refractivity contribution in [1.82, 2.24) is 14.6 Å². The summed E-state index contributed by atoms with van der Waals surface area (Å²) in [4.78, 5) is 25.3. The Morgan fingerprint density at radius 3 is 2.29 bits per heavy atom. The Bertz CT molecular complexity index is 1440. The fourth-order valence-corrected chi connectivity index (χ4v) is 5.16. The van der Waals surface area contributed by atoms with Gasteiger partial charge in [-0.25, -0.2) is 12.8 Å². The first kappa shape index (κ1) is 27.4. The number of alkyl halides is 3. The van der Waals surface area contributed by atoms with Crippen LogP contribution in [0, 0.1) is 11.7 Å². The molecule has 1 fully saturated rings. The Morgan fingerprint density at radius 1 is 1.03 bits per heavy atom. The van der Waals surface area contributed by atoms with E-state index in [0.717, 1.165) is 6.26 Å². The summed E-state index contributed by atoms with van der Waals surface area (Å²) in [5.41, 5.74) is 1.16. The summed E-state index contributed by atoms with van der Waals surface area (Å²) in [5.74, 6) is -2.36. The van der Waals surface area contributed by atoms with Gasteiger partial charge in [0.05, 0.1) is 17.3 Å². The van der Waals surface area contributed by atoms with Gasteiger partial charge in [-0.2, -0.15) is 0 Å². The van der Waals surface area contributed by atoms with Crippen LogP contribution in [-0.4, -0.2) is 43.5 Å². The SMILES string of the molecule is CS(=O)(=O)NC(=O)C1CCC(NC(=O)c2ccc(F)c3ccn(Cc4ccc(OC(F)(F)F)cc4)c23)CC1. The van der Waals surface area contributed by atoms with E-state index in [2.05, 4.69) is 10.1 Å². The van der Waals surface area contributed by atoms with E-state index in [1.807, 2.05) is 4.72 Å². The minimum absolute atomic E-state index is 0.167. The molecule has 38 heavy (non-hydrogen) atoms. The van der Waals surface area contributed by atoms with Crippen LogP contribution >= 0.6 is 0 Å². The number of hydrogen-bond acceptors (Lipinski definition) is 5. The van der Waals surface area contributed by atoms with E-state index in [0.29, 0.717) is 36.8 Å². The molecule has 13 heteroatoms. The minimum Gasteiger partial charge on any atom is -0.406 e. The van der Waals surface area contributed by atoms with Crippen molar-refractivity contribution in [1.29, 1.82) is 0 Å². The number of nitrogens with zero attached hydrogens (tertiary/aromatic N) is 1. The van der Waals surface area contributed by atoms with E-state index in [1.165, 1.54) is 42.5 Å². The molecule has 1 aliphatic rings. The zero-order valence-electron chi connectivity index (χ0n) is 20.2. The standard InChI is InChI=1S/C25H25F4N3O5S/c1-38(35,36)31-23(33)16-4-6-17(7-5-16)30-24(34)20-10-11-21(26)19-12-13-32(22(19)20)14-15-2-8-18(9-3-15)37-25(27,28)29/h2-3,8-13,16-17H,4-7,14H2,1H3,(H,30,34)(H,31,33). The molecule has 1 heterocycles. The van der Waals surface area contributed by atoms with E-state index < -0.39 is 39.9 Å². The topological polar surface area (TPSA) is 107 Å². The van der Waals surface area contributed by atoms with Crippen molar-refractivity contribution in [3.63, 3.8) is 0 Å². The van der Waals surface area contributed by atoms with Gasteiger partial charge < -0.3 is 14.6 Å². The van der Waals surface area contributed by atoms with Crippen LogP contribution < -0.4 is 14.8 Å². The molecule has 0 bridgehead atoms. The Morgan fingerprint density at radius 2 is 1.68 bits per heavy atom. The van der Waals surface area contributed by atoms with Gasteiger partial charge in [0.25, 0.3) is 5.91 Å². The van der Waals surface area contributed by atoms with Gasteiger partial charge in [-0.1, -0.05) is 12.1 Å². The normalized spacial score (nSPS) is 18.2. The maximum absolute atomic E-state index is 14.5. The third-order valence-corrected chi connectivity index (χ3v) is 6.92. The Balaban J connectivity index is 1.47. The number of aromatic nitrogens is 1. The summed E-state index contributed by atoms with van der Waals surface area (Å²) in [7, 11) is -3.65. The van der Waals surface area contributed by atoms with Crippen LogP contribution in [0.3, 0.4) is 0 Å². The van der Waals surface area contributed by atoms with Gasteiger partial charge in [-0.05, 0) is 61.6 Å². The second-order valence-corrected chi connectivity index (χ2v) is 11.0. The third-order valence-electron chi connectivity index (χ3n) is 6.35. The van der Waals surface area contributed by atoms with Crippen molar-refractivity contribution in [2.45, 2.75) is 44.6 Å². The number of nitrogens with one attached hydrogen (secondary N) is 2. The highest BCUT2D eigenvalue weighted by atomic mass is 32.2. The number of ether oxygens (including phenoxy) is 1. The Hall–Kier alpha value is -3.61. The van der Waals surface area contributed by atoms with Crippen LogP contribution in [0.5, 0.6) is 5.75 Å². The van der Waals surface area contributed by atoms with Gasteiger partial charge in [-0.3, -0.25) is 14.3 Å². The predicted octanol–water partition coefficient (Wildman–Crippen LogP) is 4.09. The molecule has 0 saturated heterocycles. The van der Waals surface area contributed by atoms with E-state index >= 15 is 0 Å². The molecule has 3 aromatic rings. The van der Waals surface area contributed by atoms with Crippen LogP contribution in [0.2, 0.25) is 0 Å². The molecule has 1 saturated carbocycles. The number of rotatable bonds is 7. The molecule has 0 radical (unpaired) electrons. The molecule has 0 aliphatic heterocycles. The Kier molecular flexibility index (Phi) is 7.68. The van der Waals surface area contributed by atoms with Crippen LogP contribution in [0.25, 0.3) is 10.9 Å². The number of benzene rings is 2. The van der Waals surface area contributed by atoms with E-state index in [1.54, 1.807) is 10.8 Å². The first-order valence-corrected chi connectivity index (χ1v) is 13.6. The molecule has 0 unspecified atom stereocenters. The molecule has 4 rings (SSSR count). The van der Waals surface area contributed by atoms with E-state index in [-0.39, 0.29) is 29.3 Å². The fraction of sp³-hybridized carbons (Fsp3) is 0.360.